The van der Waals surface area contributed by atoms with Gasteiger partial charge in [0.1, 0.15) is 12.2 Å². The van der Waals surface area contributed by atoms with Crippen molar-refractivity contribution in [1.29, 1.82) is 0 Å². The fraction of sp³-hybridized carbons (Fsp3) is 0.824. The van der Waals surface area contributed by atoms with Crippen molar-refractivity contribution in [2.24, 2.45) is 10.9 Å². The second-order valence-electron chi connectivity index (χ2n) is 6.27. The monoisotopic (exact) mass is 336 g/mol. The fourth-order valence-electron chi connectivity index (χ4n) is 2.74. The van der Waals surface area contributed by atoms with Crippen LogP contribution in [0.3, 0.4) is 0 Å². The lowest BCUT2D eigenvalue weighted by atomic mass is 10.1. The minimum atomic E-state index is 0.559. The molecule has 0 radical (unpaired) electrons. The molecule has 0 bridgehead atoms. The van der Waals surface area contributed by atoms with E-state index < -0.39 is 0 Å². The Morgan fingerprint density at radius 1 is 1.33 bits per heavy atom. The van der Waals surface area contributed by atoms with Gasteiger partial charge >= 0.3 is 0 Å². The van der Waals surface area contributed by atoms with Gasteiger partial charge in [0.2, 0.25) is 0 Å². The van der Waals surface area contributed by atoms with Crippen molar-refractivity contribution in [3.8, 4) is 0 Å². The molecular formula is C17H32N6O. The lowest BCUT2D eigenvalue weighted by molar-refractivity contribution is 0.187. The lowest BCUT2D eigenvalue weighted by Crippen LogP contribution is -2.40. The van der Waals surface area contributed by atoms with Crippen LogP contribution in [0, 0.1) is 5.92 Å². The Morgan fingerprint density at radius 3 is 2.96 bits per heavy atom. The molecule has 1 fully saturated rings. The van der Waals surface area contributed by atoms with Crippen molar-refractivity contribution in [3.05, 3.63) is 12.2 Å². The van der Waals surface area contributed by atoms with Crippen LogP contribution in [0.1, 0.15) is 45.4 Å². The molecule has 0 aromatic carbocycles. The molecule has 0 saturated carbocycles. The Balaban J connectivity index is 1.78. The standard InChI is InChI=1S/C17H32N6O/c1-3-5-6-8-18-17(20-12-15-7-11-24-13-15)19-9-10-23-14-21-22-16(23)4-2/h14-15H,3-13H2,1-2H3,(H2,18,19,20). The van der Waals surface area contributed by atoms with Gasteiger partial charge < -0.3 is 19.9 Å². The summed E-state index contributed by atoms with van der Waals surface area (Å²) in [6.07, 6.45) is 7.47. The molecule has 7 nitrogen and oxygen atoms in total. The molecule has 0 aliphatic carbocycles. The van der Waals surface area contributed by atoms with Crippen LogP contribution < -0.4 is 10.6 Å². The number of aryl methyl sites for hydroxylation is 1. The van der Waals surface area contributed by atoms with Crippen LogP contribution in [0.25, 0.3) is 0 Å². The molecule has 1 atom stereocenters. The molecule has 7 heteroatoms. The molecule has 136 valence electrons. The number of aliphatic imine (C=N–C) groups is 1. The predicted octanol–water partition coefficient (Wildman–Crippen LogP) is 1.60. The first-order valence-electron chi connectivity index (χ1n) is 9.30. The second kappa shape index (κ2) is 11.0. The Labute approximate surface area is 145 Å². The first-order chi connectivity index (χ1) is 11.8. The number of guanidine groups is 1. The number of hydrogen-bond acceptors (Lipinski definition) is 4. The van der Waals surface area contributed by atoms with Crippen molar-refractivity contribution in [2.75, 3.05) is 32.8 Å². The van der Waals surface area contributed by atoms with Gasteiger partial charge in [0.25, 0.3) is 0 Å². The van der Waals surface area contributed by atoms with E-state index in [9.17, 15) is 0 Å². The molecule has 1 aromatic heterocycles. The highest BCUT2D eigenvalue weighted by atomic mass is 16.5. The molecule has 2 N–H and O–H groups in total. The molecule has 0 spiro atoms. The summed E-state index contributed by atoms with van der Waals surface area (Å²) in [5, 5.41) is 15.0. The first-order valence-corrected chi connectivity index (χ1v) is 9.30. The van der Waals surface area contributed by atoms with E-state index in [4.69, 9.17) is 9.73 Å². The summed E-state index contributed by atoms with van der Waals surface area (Å²) in [5.74, 6) is 2.49. The van der Waals surface area contributed by atoms with E-state index in [1.165, 1.54) is 19.3 Å². The van der Waals surface area contributed by atoms with Crippen LogP contribution in [-0.4, -0.2) is 53.6 Å². The second-order valence-corrected chi connectivity index (χ2v) is 6.27. The molecule has 1 aliphatic rings. The highest BCUT2D eigenvalue weighted by Crippen LogP contribution is 2.11. The van der Waals surface area contributed by atoms with Gasteiger partial charge in [-0.1, -0.05) is 26.7 Å². The molecule has 1 aliphatic heterocycles. The van der Waals surface area contributed by atoms with E-state index in [-0.39, 0.29) is 0 Å². The third-order valence-corrected chi connectivity index (χ3v) is 4.26. The summed E-state index contributed by atoms with van der Waals surface area (Å²) in [5.41, 5.74) is 0. The van der Waals surface area contributed by atoms with Crippen LogP contribution in [0.4, 0.5) is 0 Å². The summed E-state index contributed by atoms with van der Waals surface area (Å²) in [6.45, 7) is 9.49. The minimum Gasteiger partial charge on any atom is -0.381 e. The van der Waals surface area contributed by atoms with Crippen LogP contribution in [0.2, 0.25) is 0 Å². The third kappa shape index (κ3) is 6.47. The maximum absolute atomic E-state index is 5.43. The zero-order valence-electron chi connectivity index (χ0n) is 15.1. The van der Waals surface area contributed by atoms with Gasteiger partial charge in [0.05, 0.1) is 6.61 Å². The third-order valence-electron chi connectivity index (χ3n) is 4.26. The molecule has 1 unspecified atom stereocenters. The Bertz CT molecular complexity index is 481. The maximum Gasteiger partial charge on any atom is 0.191 e. The molecule has 1 saturated heterocycles. The summed E-state index contributed by atoms with van der Waals surface area (Å²) < 4.78 is 7.52. The van der Waals surface area contributed by atoms with Gasteiger partial charge in [-0.05, 0) is 12.8 Å². The number of ether oxygens (including phenoxy) is 1. The van der Waals surface area contributed by atoms with E-state index in [0.717, 1.165) is 64.0 Å². The smallest absolute Gasteiger partial charge is 0.191 e. The molecular weight excluding hydrogens is 304 g/mol. The van der Waals surface area contributed by atoms with E-state index in [1.54, 1.807) is 6.33 Å². The lowest BCUT2D eigenvalue weighted by Gasteiger charge is -2.14. The van der Waals surface area contributed by atoms with Gasteiger partial charge in [0.15, 0.2) is 5.96 Å². The van der Waals surface area contributed by atoms with E-state index in [1.807, 2.05) is 0 Å². The van der Waals surface area contributed by atoms with Gasteiger partial charge in [-0.2, -0.15) is 0 Å². The largest absolute Gasteiger partial charge is 0.381 e. The average molecular weight is 336 g/mol. The molecule has 2 heterocycles. The quantitative estimate of drug-likeness (QED) is 0.386. The summed E-state index contributed by atoms with van der Waals surface area (Å²) in [4.78, 5) is 4.74. The SMILES string of the molecule is CCCCCNC(=NCC1CCOC1)NCCn1cnnc1CC. The Kier molecular flexibility index (Phi) is 8.59. The normalized spacial score (nSPS) is 18.1. The van der Waals surface area contributed by atoms with Gasteiger partial charge in [0, 0.05) is 45.1 Å². The van der Waals surface area contributed by atoms with Crippen LogP contribution in [0.15, 0.2) is 11.3 Å². The Hall–Kier alpha value is -1.63. The van der Waals surface area contributed by atoms with Crippen molar-refractivity contribution in [3.63, 3.8) is 0 Å². The van der Waals surface area contributed by atoms with Crippen molar-refractivity contribution in [2.45, 2.75) is 52.5 Å². The predicted molar refractivity (Wildman–Crippen MR) is 96.2 cm³/mol. The van der Waals surface area contributed by atoms with Crippen molar-refractivity contribution >= 4 is 5.96 Å². The molecule has 2 rings (SSSR count). The molecule has 24 heavy (non-hydrogen) atoms. The van der Waals surface area contributed by atoms with Gasteiger partial charge in [-0.3, -0.25) is 4.99 Å². The van der Waals surface area contributed by atoms with Gasteiger partial charge in [-0.25, -0.2) is 0 Å². The number of rotatable bonds is 10. The number of aromatic nitrogens is 3. The summed E-state index contributed by atoms with van der Waals surface area (Å²) in [6, 6.07) is 0. The zero-order valence-corrected chi connectivity index (χ0v) is 15.1. The Morgan fingerprint density at radius 2 is 2.21 bits per heavy atom. The molecule has 0 amide bonds. The van der Waals surface area contributed by atoms with E-state index >= 15 is 0 Å². The van der Waals surface area contributed by atoms with Crippen LogP contribution in [0.5, 0.6) is 0 Å². The van der Waals surface area contributed by atoms with Crippen molar-refractivity contribution in [1.82, 2.24) is 25.4 Å². The number of unbranched alkanes of at least 4 members (excludes halogenated alkanes) is 2. The number of hydrogen-bond donors (Lipinski definition) is 2. The highest BCUT2D eigenvalue weighted by molar-refractivity contribution is 5.79. The van der Waals surface area contributed by atoms with Crippen LogP contribution >= 0.6 is 0 Å². The first kappa shape index (κ1) is 18.7. The average Bonchev–Trinajstić information content (AvgIpc) is 3.27. The maximum atomic E-state index is 5.43. The number of nitrogens with zero attached hydrogens (tertiary/aromatic N) is 4. The fourth-order valence-corrected chi connectivity index (χ4v) is 2.74. The van der Waals surface area contributed by atoms with Crippen molar-refractivity contribution < 1.29 is 4.74 Å². The van der Waals surface area contributed by atoms with Crippen LogP contribution in [-0.2, 0) is 17.7 Å². The topological polar surface area (TPSA) is 76.4 Å². The minimum absolute atomic E-state index is 0.559. The van der Waals surface area contributed by atoms with E-state index in [0.29, 0.717) is 5.92 Å². The van der Waals surface area contributed by atoms with E-state index in [2.05, 4.69) is 39.2 Å². The van der Waals surface area contributed by atoms with Gasteiger partial charge in [-0.15, -0.1) is 10.2 Å². The molecule has 1 aromatic rings. The summed E-state index contributed by atoms with van der Waals surface area (Å²) in [7, 11) is 0. The highest BCUT2D eigenvalue weighted by Gasteiger charge is 2.15. The number of nitrogens with one attached hydrogen (secondary N) is 2. The zero-order chi connectivity index (χ0) is 17.0. The summed E-state index contributed by atoms with van der Waals surface area (Å²) >= 11 is 0.